The summed E-state index contributed by atoms with van der Waals surface area (Å²) in [6, 6.07) is 16.3. The Kier molecular flexibility index (Phi) is 8.24. The molecule has 0 unspecified atom stereocenters. The van der Waals surface area contributed by atoms with E-state index in [4.69, 9.17) is 9.47 Å². The van der Waals surface area contributed by atoms with Gasteiger partial charge in [0.2, 0.25) is 11.8 Å². The zero-order chi connectivity index (χ0) is 37.7. The van der Waals surface area contributed by atoms with Gasteiger partial charge in [-0.05, 0) is 40.5 Å². The minimum absolute atomic E-state index is 0.0720. The summed E-state index contributed by atoms with van der Waals surface area (Å²) in [7, 11) is 0. The first-order valence-electron chi connectivity index (χ1n) is 14.3. The van der Waals surface area contributed by atoms with Crippen LogP contribution >= 0.6 is 0 Å². The second-order valence-corrected chi connectivity index (χ2v) is 10.8. The van der Waals surface area contributed by atoms with Gasteiger partial charge in [-0.2, -0.15) is 60.6 Å². The molecule has 2 heterocycles. The SMILES string of the molecule is N#CC(C#N)=C1Nc2c(c(-c3ccccc3-c3ccc(C(F)(F)F)cc3C(F)(F)F)c3c(c2-c2ccccc2C(F)(F)F)OC(=C(C#N)C#N)N3)O1. The van der Waals surface area contributed by atoms with Gasteiger partial charge >= 0.3 is 18.5 Å². The van der Waals surface area contributed by atoms with Crippen molar-refractivity contribution >= 4 is 11.4 Å². The van der Waals surface area contributed by atoms with Crippen LogP contribution in [0.1, 0.15) is 16.7 Å². The average Bonchev–Trinajstić information content (AvgIpc) is 3.72. The van der Waals surface area contributed by atoms with E-state index >= 15 is 0 Å². The smallest absolute Gasteiger partial charge is 0.417 e. The van der Waals surface area contributed by atoms with Gasteiger partial charge < -0.3 is 20.1 Å². The summed E-state index contributed by atoms with van der Waals surface area (Å²) in [6.45, 7) is 0. The third-order valence-electron chi connectivity index (χ3n) is 7.84. The molecule has 8 nitrogen and oxygen atoms in total. The van der Waals surface area contributed by atoms with Crippen LogP contribution in [-0.4, -0.2) is 0 Å². The number of halogens is 9. The zero-order valence-electron chi connectivity index (χ0n) is 25.4. The average molecular weight is 721 g/mol. The number of nitrogens with zero attached hydrogens (tertiary/aromatic N) is 4. The van der Waals surface area contributed by atoms with E-state index in [9.17, 15) is 60.6 Å². The van der Waals surface area contributed by atoms with E-state index in [0.29, 0.717) is 12.1 Å². The summed E-state index contributed by atoms with van der Waals surface area (Å²) in [5.41, 5.74) is -9.18. The number of hydrogen-bond donors (Lipinski definition) is 2. The topological polar surface area (TPSA) is 138 Å². The van der Waals surface area contributed by atoms with Crippen LogP contribution in [0.25, 0.3) is 33.4 Å². The number of hydrogen-bond acceptors (Lipinski definition) is 8. The molecule has 4 aromatic carbocycles. The maximum atomic E-state index is 14.4. The first-order valence-corrected chi connectivity index (χ1v) is 14.3. The summed E-state index contributed by atoms with van der Waals surface area (Å²) in [6.07, 6.45) is -15.5. The Morgan fingerprint density at radius 1 is 0.500 bits per heavy atom. The molecule has 52 heavy (non-hydrogen) atoms. The molecule has 6 rings (SSSR count). The highest BCUT2D eigenvalue weighted by atomic mass is 19.4. The van der Waals surface area contributed by atoms with Crippen molar-refractivity contribution in [1.29, 1.82) is 21.0 Å². The monoisotopic (exact) mass is 720 g/mol. The molecule has 258 valence electrons. The highest BCUT2D eigenvalue weighted by Gasteiger charge is 2.43. The zero-order valence-corrected chi connectivity index (χ0v) is 25.4. The minimum atomic E-state index is -5.33. The summed E-state index contributed by atoms with van der Waals surface area (Å²) < 4.78 is 139. The van der Waals surface area contributed by atoms with E-state index < -0.39 is 86.3 Å². The molecule has 0 atom stereocenters. The predicted octanol–water partition coefficient (Wildman–Crippen LogP) is 9.87. The van der Waals surface area contributed by atoms with Crippen LogP contribution in [0.2, 0.25) is 0 Å². The van der Waals surface area contributed by atoms with Crippen molar-refractivity contribution in [2.24, 2.45) is 0 Å². The molecule has 17 heteroatoms. The third kappa shape index (κ3) is 5.80. The van der Waals surface area contributed by atoms with Crippen LogP contribution in [-0.2, 0) is 18.5 Å². The molecule has 0 amide bonds. The molecule has 2 aliphatic rings. The number of anilines is 2. The number of alkyl halides is 9. The normalized spacial score (nSPS) is 13.2. The molecule has 0 fully saturated rings. The molecule has 0 radical (unpaired) electrons. The number of fused-ring (bicyclic) bond motifs is 2. The van der Waals surface area contributed by atoms with Crippen molar-refractivity contribution in [2.45, 2.75) is 18.5 Å². The molecule has 0 aromatic heterocycles. The Balaban J connectivity index is 1.78. The van der Waals surface area contributed by atoms with E-state index in [-0.39, 0.29) is 34.1 Å². The standard InChI is InChI=1S/C35H13F9N6O2/c36-33(37,38)18-9-10-20(24(11-18)35(42,43)44)19-5-1-2-6-21(19)25-27-30(52-31(49-27)16(12-45)13-46)26(22-7-3-4-8-23(22)34(39,40)41)28-29(25)51-32(50-28)17(14-47)15-48/h1-11,49-50H. The molecular weight excluding hydrogens is 707 g/mol. The van der Waals surface area contributed by atoms with E-state index in [2.05, 4.69) is 10.6 Å². The largest absolute Gasteiger partial charge is 0.436 e. The van der Waals surface area contributed by atoms with Gasteiger partial charge in [-0.3, -0.25) is 0 Å². The highest BCUT2D eigenvalue weighted by Crippen LogP contribution is 2.62. The van der Waals surface area contributed by atoms with Crippen molar-refractivity contribution < 1.29 is 49.0 Å². The number of ether oxygens (including phenoxy) is 2. The van der Waals surface area contributed by atoms with E-state index in [1.165, 1.54) is 24.3 Å². The van der Waals surface area contributed by atoms with Gasteiger partial charge in [0, 0.05) is 0 Å². The number of allylic oxidation sites excluding steroid dienone is 2. The van der Waals surface area contributed by atoms with Gasteiger partial charge in [-0.15, -0.1) is 0 Å². The summed E-state index contributed by atoms with van der Waals surface area (Å²) >= 11 is 0. The Morgan fingerprint density at radius 3 is 1.40 bits per heavy atom. The summed E-state index contributed by atoms with van der Waals surface area (Å²) in [4.78, 5) is 0. The van der Waals surface area contributed by atoms with Gasteiger partial charge in [-0.25, -0.2) is 0 Å². The third-order valence-corrected chi connectivity index (χ3v) is 7.84. The Morgan fingerprint density at radius 2 is 0.942 bits per heavy atom. The second kappa shape index (κ2) is 12.3. The lowest BCUT2D eigenvalue weighted by molar-refractivity contribution is -0.143. The molecular formula is C35H13F9N6O2. The molecule has 0 saturated heterocycles. The Hall–Kier alpha value is -7.11. The van der Waals surface area contributed by atoms with Gasteiger partial charge in [0.15, 0.2) is 22.6 Å². The fourth-order valence-corrected chi connectivity index (χ4v) is 5.70. The predicted molar refractivity (Wildman–Crippen MR) is 163 cm³/mol. The lowest BCUT2D eigenvalue weighted by Gasteiger charge is -2.21. The number of nitrogens with one attached hydrogen (secondary N) is 2. The number of rotatable bonds is 3. The Bertz CT molecular complexity index is 2320. The van der Waals surface area contributed by atoms with Gasteiger partial charge in [-0.1, -0.05) is 48.5 Å². The molecule has 4 aromatic rings. The first-order chi connectivity index (χ1) is 24.5. The lowest BCUT2D eigenvalue weighted by atomic mass is 9.87. The van der Waals surface area contributed by atoms with E-state index in [1.54, 1.807) is 24.3 Å². The van der Waals surface area contributed by atoms with Crippen LogP contribution in [0.5, 0.6) is 11.5 Å². The van der Waals surface area contributed by atoms with Crippen LogP contribution < -0.4 is 20.1 Å². The molecule has 0 aliphatic carbocycles. The van der Waals surface area contributed by atoms with E-state index in [1.807, 2.05) is 0 Å². The first kappa shape index (κ1) is 34.7. The second-order valence-electron chi connectivity index (χ2n) is 10.8. The van der Waals surface area contributed by atoms with Crippen LogP contribution in [0.15, 0.2) is 89.6 Å². The summed E-state index contributed by atoms with van der Waals surface area (Å²) in [5.74, 6) is -2.10. The van der Waals surface area contributed by atoms with Crippen molar-refractivity contribution in [3.8, 4) is 69.2 Å². The van der Waals surface area contributed by atoms with Crippen LogP contribution in [0, 0.1) is 45.3 Å². The van der Waals surface area contributed by atoms with Crippen molar-refractivity contribution in [2.75, 3.05) is 10.6 Å². The molecule has 0 spiro atoms. The Labute approximate surface area is 286 Å². The molecule has 0 saturated carbocycles. The fraction of sp³-hybridized carbons (Fsp3) is 0.0857. The summed E-state index contributed by atoms with van der Waals surface area (Å²) in [5, 5.41) is 43.6. The van der Waals surface area contributed by atoms with Crippen LogP contribution in [0.3, 0.4) is 0 Å². The van der Waals surface area contributed by atoms with Gasteiger partial charge in [0.05, 0.1) is 39.2 Å². The molecule has 2 N–H and O–H groups in total. The quantitative estimate of drug-likeness (QED) is 0.158. The lowest BCUT2D eigenvalue weighted by Crippen LogP contribution is -2.12. The van der Waals surface area contributed by atoms with Crippen molar-refractivity contribution in [3.05, 3.63) is 106 Å². The maximum Gasteiger partial charge on any atom is 0.417 e. The highest BCUT2D eigenvalue weighted by molar-refractivity contribution is 6.08. The van der Waals surface area contributed by atoms with Gasteiger partial charge in [0.1, 0.15) is 24.3 Å². The van der Waals surface area contributed by atoms with Crippen LogP contribution in [0.4, 0.5) is 50.9 Å². The molecule has 2 aliphatic heterocycles. The van der Waals surface area contributed by atoms with Gasteiger partial charge in [0.25, 0.3) is 0 Å². The van der Waals surface area contributed by atoms with Crippen molar-refractivity contribution in [3.63, 3.8) is 0 Å². The minimum Gasteiger partial charge on any atom is -0.436 e. The number of benzene rings is 4. The maximum absolute atomic E-state index is 14.4. The van der Waals surface area contributed by atoms with Crippen molar-refractivity contribution in [1.82, 2.24) is 0 Å². The fourth-order valence-electron chi connectivity index (χ4n) is 5.70. The number of nitriles is 4. The molecule has 0 bridgehead atoms. The van der Waals surface area contributed by atoms with E-state index in [0.717, 1.165) is 24.3 Å².